The van der Waals surface area contributed by atoms with Gasteiger partial charge in [-0.05, 0) is 24.1 Å². The Balaban J connectivity index is 2.18. The van der Waals surface area contributed by atoms with Crippen LogP contribution in [0.25, 0.3) is 0 Å². The average molecular weight is 234 g/mol. The maximum Gasteiger partial charge on any atom is 0.231 e. The monoisotopic (exact) mass is 233 g/mol. The van der Waals surface area contributed by atoms with Gasteiger partial charge in [-0.3, -0.25) is 4.79 Å². The Morgan fingerprint density at radius 1 is 1.50 bits per heavy atom. The molecule has 82 valence electrons. The molecule has 1 amide bonds. The number of nitrogens with zero attached hydrogens (tertiary/aromatic N) is 1. The molecule has 2 rings (SSSR count). The molecule has 1 aromatic carbocycles. The lowest BCUT2D eigenvalue weighted by Crippen LogP contribution is -2.27. The molecule has 0 bridgehead atoms. The van der Waals surface area contributed by atoms with Crippen LogP contribution in [0.4, 0.5) is 5.69 Å². The van der Waals surface area contributed by atoms with Crippen molar-refractivity contribution in [1.29, 1.82) is 0 Å². The highest BCUT2D eigenvalue weighted by molar-refractivity contribution is 6.31. The molecule has 1 heterocycles. The molecule has 0 N–H and O–H groups in total. The molecule has 0 aliphatic carbocycles. The number of amides is 1. The van der Waals surface area contributed by atoms with Crippen molar-refractivity contribution >= 4 is 23.2 Å². The highest BCUT2D eigenvalue weighted by Gasteiger charge is 2.26. The summed E-state index contributed by atoms with van der Waals surface area (Å²) in [6.07, 6.45) is 7.19. The van der Waals surface area contributed by atoms with Gasteiger partial charge in [0.25, 0.3) is 0 Å². The summed E-state index contributed by atoms with van der Waals surface area (Å²) < 4.78 is 0. The van der Waals surface area contributed by atoms with Gasteiger partial charge < -0.3 is 4.90 Å². The van der Waals surface area contributed by atoms with E-state index >= 15 is 0 Å². The molecule has 1 aromatic rings. The number of anilines is 1. The summed E-state index contributed by atoms with van der Waals surface area (Å²) in [4.78, 5) is 13.5. The van der Waals surface area contributed by atoms with Gasteiger partial charge in [0.1, 0.15) is 0 Å². The van der Waals surface area contributed by atoms with Crippen LogP contribution < -0.4 is 4.90 Å². The predicted molar refractivity (Wildman–Crippen MR) is 65.6 cm³/mol. The molecule has 1 aliphatic rings. The fourth-order valence-electron chi connectivity index (χ4n) is 1.91. The van der Waals surface area contributed by atoms with Gasteiger partial charge in [0.05, 0.1) is 6.42 Å². The number of hydrogen-bond acceptors (Lipinski definition) is 1. The first kappa shape index (κ1) is 11.0. The first-order valence-electron chi connectivity index (χ1n) is 5.24. The number of carbonyl (C=O) groups is 1. The third-order valence-electron chi connectivity index (χ3n) is 2.68. The molecule has 0 radical (unpaired) electrons. The average Bonchev–Trinajstić information content (AvgIpc) is 2.56. The van der Waals surface area contributed by atoms with Crippen LogP contribution in [0, 0.1) is 12.3 Å². The van der Waals surface area contributed by atoms with Gasteiger partial charge in [-0.25, -0.2) is 0 Å². The van der Waals surface area contributed by atoms with E-state index in [1.807, 2.05) is 18.2 Å². The van der Waals surface area contributed by atoms with Crippen LogP contribution in [0.1, 0.15) is 18.4 Å². The minimum atomic E-state index is 0.134. The maximum absolute atomic E-state index is 11.8. The van der Waals surface area contributed by atoms with Gasteiger partial charge in [0.15, 0.2) is 0 Å². The summed E-state index contributed by atoms with van der Waals surface area (Å²) in [7, 11) is 0. The van der Waals surface area contributed by atoms with Crippen molar-refractivity contribution in [2.45, 2.75) is 19.3 Å². The zero-order valence-corrected chi connectivity index (χ0v) is 9.63. The Morgan fingerprint density at radius 3 is 3.06 bits per heavy atom. The van der Waals surface area contributed by atoms with Gasteiger partial charge in [0.2, 0.25) is 5.91 Å². The number of benzene rings is 1. The van der Waals surface area contributed by atoms with Crippen LogP contribution in [-0.2, 0) is 11.2 Å². The van der Waals surface area contributed by atoms with Gasteiger partial charge >= 0.3 is 0 Å². The lowest BCUT2D eigenvalue weighted by Gasteiger charge is -2.16. The first-order valence-corrected chi connectivity index (χ1v) is 5.62. The SMILES string of the molecule is C#CCCCN1C(=O)Cc2ccc(Cl)cc21. The molecule has 2 nitrogen and oxygen atoms in total. The molecule has 3 heteroatoms. The highest BCUT2D eigenvalue weighted by Crippen LogP contribution is 2.31. The molecule has 1 aliphatic heterocycles. The number of hydrogen-bond donors (Lipinski definition) is 0. The van der Waals surface area contributed by atoms with E-state index in [-0.39, 0.29) is 5.91 Å². The number of terminal acetylenes is 1. The number of unbranched alkanes of at least 4 members (excludes halogenated alkanes) is 1. The minimum Gasteiger partial charge on any atom is -0.312 e. The van der Waals surface area contributed by atoms with Crippen LogP contribution in [0.15, 0.2) is 18.2 Å². The summed E-state index contributed by atoms with van der Waals surface area (Å²) >= 11 is 5.93. The summed E-state index contributed by atoms with van der Waals surface area (Å²) in [5.41, 5.74) is 1.99. The second-order valence-corrected chi connectivity index (χ2v) is 4.24. The molecule has 0 saturated heterocycles. The van der Waals surface area contributed by atoms with Gasteiger partial charge in [-0.1, -0.05) is 17.7 Å². The minimum absolute atomic E-state index is 0.134. The summed E-state index contributed by atoms with van der Waals surface area (Å²) in [6, 6.07) is 5.58. The van der Waals surface area contributed by atoms with Crippen LogP contribution in [-0.4, -0.2) is 12.5 Å². The van der Waals surface area contributed by atoms with E-state index in [4.69, 9.17) is 18.0 Å². The largest absolute Gasteiger partial charge is 0.312 e. The van der Waals surface area contributed by atoms with Crippen molar-refractivity contribution in [3.63, 3.8) is 0 Å². The van der Waals surface area contributed by atoms with E-state index in [9.17, 15) is 4.79 Å². The second kappa shape index (κ2) is 4.59. The fraction of sp³-hybridized carbons (Fsp3) is 0.308. The van der Waals surface area contributed by atoms with Crippen LogP contribution >= 0.6 is 11.6 Å². The molecule has 0 saturated carbocycles. The number of carbonyl (C=O) groups excluding carboxylic acids is 1. The summed E-state index contributed by atoms with van der Waals surface area (Å²) in [5, 5.41) is 0.662. The fourth-order valence-corrected chi connectivity index (χ4v) is 2.08. The van der Waals surface area contributed by atoms with E-state index in [1.54, 1.807) is 4.90 Å². The highest BCUT2D eigenvalue weighted by atomic mass is 35.5. The van der Waals surface area contributed by atoms with E-state index < -0.39 is 0 Å². The second-order valence-electron chi connectivity index (χ2n) is 3.80. The summed E-state index contributed by atoms with van der Waals surface area (Å²) in [6.45, 7) is 0.677. The molecule has 0 aromatic heterocycles. The van der Waals surface area contributed by atoms with Crippen molar-refractivity contribution in [2.75, 3.05) is 11.4 Å². The lowest BCUT2D eigenvalue weighted by molar-refractivity contribution is -0.117. The van der Waals surface area contributed by atoms with Crippen LogP contribution in [0.2, 0.25) is 5.02 Å². The number of halogens is 1. The van der Waals surface area contributed by atoms with E-state index in [2.05, 4.69) is 5.92 Å². The lowest BCUT2D eigenvalue weighted by atomic mass is 10.2. The molecular formula is C13H12ClNO. The molecule has 16 heavy (non-hydrogen) atoms. The van der Waals surface area contributed by atoms with Gasteiger partial charge in [0, 0.05) is 23.7 Å². The van der Waals surface area contributed by atoms with Gasteiger partial charge in [-0.2, -0.15) is 0 Å². The van der Waals surface area contributed by atoms with Gasteiger partial charge in [-0.15, -0.1) is 12.3 Å². The Labute approximate surface area is 100 Å². The Hall–Kier alpha value is -1.46. The maximum atomic E-state index is 11.8. The van der Waals surface area contributed by atoms with Crippen molar-refractivity contribution in [2.24, 2.45) is 0 Å². The first-order chi connectivity index (χ1) is 7.72. The van der Waals surface area contributed by atoms with Crippen LogP contribution in [0.3, 0.4) is 0 Å². The quantitative estimate of drug-likeness (QED) is 0.581. The Morgan fingerprint density at radius 2 is 2.31 bits per heavy atom. The molecule has 0 spiro atoms. The van der Waals surface area contributed by atoms with Crippen LogP contribution in [0.5, 0.6) is 0 Å². The Kier molecular flexibility index (Phi) is 3.17. The van der Waals surface area contributed by atoms with E-state index in [0.29, 0.717) is 24.4 Å². The normalized spacial score (nSPS) is 13.8. The van der Waals surface area contributed by atoms with E-state index in [1.165, 1.54) is 0 Å². The number of rotatable bonds is 3. The zero-order valence-electron chi connectivity index (χ0n) is 8.87. The molecular weight excluding hydrogens is 222 g/mol. The number of fused-ring (bicyclic) bond motifs is 1. The zero-order chi connectivity index (χ0) is 11.5. The topological polar surface area (TPSA) is 20.3 Å². The predicted octanol–water partition coefficient (Wildman–Crippen LogP) is 2.64. The van der Waals surface area contributed by atoms with Crippen molar-refractivity contribution < 1.29 is 4.79 Å². The third kappa shape index (κ3) is 2.05. The molecule has 0 atom stereocenters. The molecule has 0 unspecified atom stereocenters. The summed E-state index contributed by atoms with van der Waals surface area (Å²) in [5.74, 6) is 2.71. The molecule has 0 fully saturated rings. The van der Waals surface area contributed by atoms with E-state index in [0.717, 1.165) is 17.7 Å². The third-order valence-corrected chi connectivity index (χ3v) is 2.92. The Bertz CT molecular complexity index is 461. The van der Waals surface area contributed by atoms with Crippen molar-refractivity contribution in [1.82, 2.24) is 0 Å². The van der Waals surface area contributed by atoms with Crippen molar-refractivity contribution in [3.8, 4) is 12.3 Å². The van der Waals surface area contributed by atoms with Crippen molar-refractivity contribution in [3.05, 3.63) is 28.8 Å². The smallest absolute Gasteiger partial charge is 0.231 e. The standard InChI is InChI=1S/C13H12ClNO/c1-2-3-4-7-15-12-9-11(14)6-5-10(12)8-13(15)16/h1,5-6,9H,3-4,7-8H2.